The second-order valence-corrected chi connectivity index (χ2v) is 7.40. The molecular formula is C23H29N5O3. The van der Waals surface area contributed by atoms with E-state index in [1.54, 1.807) is 19.0 Å². The van der Waals surface area contributed by atoms with Crippen LogP contribution in [0.15, 0.2) is 59.6 Å². The summed E-state index contributed by atoms with van der Waals surface area (Å²) in [5.74, 6) is 0.553. The van der Waals surface area contributed by atoms with Crippen molar-refractivity contribution in [3.63, 3.8) is 0 Å². The van der Waals surface area contributed by atoms with E-state index in [0.717, 1.165) is 17.7 Å². The SMILES string of the molecule is CN(C)C(=O)CNC(=NCc1ccc(N2CCOC2=O)cc1)NCCc1ccccc1. The number of amides is 2. The first kappa shape index (κ1) is 22.1. The molecule has 0 atom stereocenters. The Hall–Kier alpha value is -3.55. The number of hydrogen-bond acceptors (Lipinski definition) is 4. The first-order chi connectivity index (χ1) is 15.0. The predicted octanol–water partition coefficient (Wildman–Crippen LogP) is 2.01. The molecule has 2 aromatic carbocycles. The number of nitrogens with one attached hydrogen (secondary N) is 2. The third-order valence-electron chi connectivity index (χ3n) is 4.88. The van der Waals surface area contributed by atoms with Gasteiger partial charge in [-0.25, -0.2) is 9.79 Å². The molecule has 1 aliphatic heterocycles. The van der Waals surface area contributed by atoms with Gasteiger partial charge in [0.05, 0.1) is 19.6 Å². The van der Waals surface area contributed by atoms with Gasteiger partial charge >= 0.3 is 6.09 Å². The van der Waals surface area contributed by atoms with E-state index in [9.17, 15) is 9.59 Å². The highest BCUT2D eigenvalue weighted by molar-refractivity contribution is 5.89. The van der Waals surface area contributed by atoms with Gasteiger partial charge in [0.15, 0.2) is 5.96 Å². The van der Waals surface area contributed by atoms with Gasteiger partial charge in [0.25, 0.3) is 0 Å². The number of ether oxygens (including phenoxy) is 1. The Balaban J connectivity index is 1.59. The molecule has 1 fully saturated rings. The Bertz CT molecular complexity index is 897. The molecule has 0 aromatic heterocycles. The van der Waals surface area contributed by atoms with Gasteiger partial charge in [0, 0.05) is 26.3 Å². The van der Waals surface area contributed by atoms with Crippen LogP contribution in [-0.2, 0) is 22.5 Å². The lowest BCUT2D eigenvalue weighted by molar-refractivity contribution is -0.127. The summed E-state index contributed by atoms with van der Waals surface area (Å²) in [6.45, 7) is 2.29. The average Bonchev–Trinajstić information content (AvgIpc) is 3.21. The number of likely N-dealkylation sites (N-methyl/N-ethyl adjacent to an activating group) is 1. The smallest absolute Gasteiger partial charge is 0.414 e. The zero-order valence-corrected chi connectivity index (χ0v) is 18.0. The Kier molecular flexibility index (Phi) is 7.86. The van der Waals surface area contributed by atoms with Crippen molar-refractivity contribution in [3.8, 4) is 0 Å². The molecule has 0 aliphatic carbocycles. The minimum Gasteiger partial charge on any atom is -0.447 e. The van der Waals surface area contributed by atoms with Gasteiger partial charge < -0.3 is 20.3 Å². The van der Waals surface area contributed by atoms with E-state index >= 15 is 0 Å². The maximum Gasteiger partial charge on any atom is 0.414 e. The summed E-state index contributed by atoms with van der Waals surface area (Å²) in [4.78, 5) is 31.4. The van der Waals surface area contributed by atoms with Crippen molar-refractivity contribution in [1.82, 2.24) is 15.5 Å². The number of carbonyl (C=O) groups is 2. The highest BCUT2D eigenvalue weighted by Crippen LogP contribution is 2.19. The van der Waals surface area contributed by atoms with Gasteiger partial charge in [-0.15, -0.1) is 0 Å². The van der Waals surface area contributed by atoms with Crippen molar-refractivity contribution in [2.75, 3.05) is 45.2 Å². The molecular weight excluding hydrogens is 394 g/mol. The molecule has 1 saturated heterocycles. The van der Waals surface area contributed by atoms with Crippen LogP contribution in [0.4, 0.5) is 10.5 Å². The van der Waals surface area contributed by atoms with Crippen LogP contribution in [0.3, 0.4) is 0 Å². The molecule has 1 heterocycles. The number of cyclic esters (lactones) is 1. The molecule has 1 aliphatic rings. The van der Waals surface area contributed by atoms with Crippen LogP contribution in [0.5, 0.6) is 0 Å². The number of aliphatic imine (C=N–C) groups is 1. The molecule has 31 heavy (non-hydrogen) atoms. The topological polar surface area (TPSA) is 86.3 Å². The molecule has 0 unspecified atom stereocenters. The summed E-state index contributed by atoms with van der Waals surface area (Å²) < 4.78 is 4.98. The van der Waals surface area contributed by atoms with Crippen molar-refractivity contribution in [3.05, 3.63) is 65.7 Å². The van der Waals surface area contributed by atoms with Crippen molar-refractivity contribution in [2.45, 2.75) is 13.0 Å². The molecule has 2 N–H and O–H groups in total. The van der Waals surface area contributed by atoms with Gasteiger partial charge in [-0.1, -0.05) is 42.5 Å². The van der Waals surface area contributed by atoms with Crippen molar-refractivity contribution in [2.24, 2.45) is 4.99 Å². The average molecular weight is 424 g/mol. The fourth-order valence-electron chi connectivity index (χ4n) is 3.04. The summed E-state index contributed by atoms with van der Waals surface area (Å²) in [5.41, 5.74) is 3.04. The fourth-order valence-corrected chi connectivity index (χ4v) is 3.04. The highest BCUT2D eigenvalue weighted by Gasteiger charge is 2.23. The molecule has 164 valence electrons. The Morgan fingerprint density at radius 2 is 1.81 bits per heavy atom. The fraction of sp³-hybridized carbons (Fsp3) is 0.348. The van der Waals surface area contributed by atoms with Crippen molar-refractivity contribution >= 4 is 23.6 Å². The van der Waals surface area contributed by atoms with Crippen LogP contribution in [0.25, 0.3) is 0 Å². The molecule has 0 bridgehead atoms. The van der Waals surface area contributed by atoms with Crippen LogP contribution in [0, 0.1) is 0 Å². The molecule has 0 saturated carbocycles. The molecule has 8 nitrogen and oxygen atoms in total. The van der Waals surface area contributed by atoms with Crippen LogP contribution >= 0.6 is 0 Å². The van der Waals surface area contributed by atoms with E-state index in [0.29, 0.717) is 32.2 Å². The van der Waals surface area contributed by atoms with Gasteiger partial charge in [-0.3, -0.25) is 9.69 Å². The Labute approximate surface area is 182 Å². The summed E-state index contributed by atoms with van der Waals surface area (Å²) >= 11 is 0. The van der Waals surface area contributed by atoms with Gasteiger partial charge in [0.1, 0.15) is 6.61 Å². The lowest BCUT2D eigenvalue weighted by Gasteiger charge is -2.15. The molecule has 2 amide bonds. The second kappa shape index (κ2) is 11.0. The van der Waals surface area contributed by atoms with Crippen LogP contribution in [-0.4, -0.2) is 63.2 Å². The Morgan fingerprint density at radius 1 is 1.06 bits per heavy atom. The highest BCUT2D eigenvalue weighted by atomic mass is 16.6. The molecule has 2 aromatic rings. The largest absolute Gasteiger partial charge is 0.447 e. The molecule has 3 rings (SSSR count). The lowest BCUT2D eigenvalue weighted by Crippen LogP contribution is -2.43. The minimum absolute atomic E-state index is 0.0283. The zero-order valence-electron chi connectivity index (χ0n) is 18.0. The maximum atomic E-state index is 11.9. The van der Waals surface area contributed by atoms with E-state index in [4.69, 9.17) is 4.74 Å². The maximum absolute atomic E-state index is 11.9. The third kappa shape index (κ3) is 6.74. The quantitative estimate of drug-likeness (QED) is 0.501. The number of anilines is 1. The monoisotopic (exact) mass is 423 g/mol. The summed E-state index contributed by atoms with van der Waals surface area (Å²) in [5, 5.41) is 6.39. The van der Waals surface area contributed by atoms with Crippen molar-refractivity contribution in [1.29, 1.82) is 0 Å². The molecule has 0 spiro atoms. The summed E-state index contributed by atoms with van der Waals surface area (Å²) in [6.07, 6.45) is 0.537. The number of hydrogen-bond donors (Lipinski definition) is 2. The van der Waals surface area contributed by atoms with Crippen LogP contribution in [0.2, 0.25) is 0 Å². The minimum atomic E-state index is -0.314. The van der Waals surface area contributed by atoms with Crippen molar-refractivity contribution < 1.29 is 14.3 Å². The van der Waals surface area contributed by atoms with Gasteiger partial charge in [-0.05, 0) is 29.7 Å². The standard InChI is InChI=1S/C23H29N5O3/c1-27(2)21(29)17-26-22(24-13-12-18-6-4-3-5-7-18)25-16-19-8-10-20(11-9-19)28-14-15-31-23(28)30/h3-11H,12-17H2,1-2H3,(H2,24,25,26). The number of guanidine groups is 1. The lowest BCUT2D eigenvalue weighted by atomic mass is 10.1. The molecule has 0 radical (unpaired) electrons. The molecule has 8 heteroatoms. The van der Waals surface area contributed by atoms with Crippen LogP contribution in [0.1, 0.15) is 11.1 Å². The second-order valence-electron chi connectivity index (χ2n) is 7.40. The number of benzene rings is 2. The number of carbonyl (C=O) groups excluding carboxylic acids is 2. The summed E-state index contributed by atoms with van der Waals surface area (Å²) in [7, 11) is 3.45. The number of nitrogens with zero attached hydrogens (tertiary/aromatic N) is 3. The zero-order chi connectivity index (χ0) is 22.1. The Morgan fingerprint density at radius 3 is 2.45 bits per heavy atom. The van der Waals surface area contributed by atoms with E-state index in [1.807, 2.05) is 42.5 Å². The van der Waals surface area contributed by atoms with Crippen LogP contribution < -0.4 is 15.5 Å². The number of rotatable bonds is 8. The normalized spacial score (nSPS) is 13.7. The first-order valence-corrected chi connectivity index (χ1v) is 10.3. The third-order valence-corrected chi connectivity index (χ3v) is 4.88. The van der Waals surface area contributed by atoms with E-state index in [-0.39, 0.29) is 18.5 Å². The van der Waals surface area contributed by atoms with Gasteiger partial charge in [0.2, 0.25) is 5.91 Å². The predicted molar refractivity (Wildman–Crippen MR) is 121 cm³/mol. The van der Waals surface area contributed by atoms with E-state index in [2.05, 4.69) is 27.8 Å². The van der Waals surface area contributed by atoms with E-state index in [1.165, 1.54) is 10.5 Å². The van der Waals surface area contributed by atoms with E-state index < -0.39 is 0 Å². The summed E-state index contributed by atoms with van der Waals surface area (Å²) in [6, 6.07) is 17.9. The van der Waals surface area contributed by atoms with Gasteiger partial charge in [-0.2, -0.15) is 0 Å². The first-order valence-electron chi connectivity index (χ1n) is 10.3.